The summed E-state index contributed by atoms with van der Waals surface area (Å²) in [6.07, 6.45) is 1.35. The molecule has 0 aliphatic heterocycles. The molecule has 112 valence electrons. The quantitative estimate of drug-likeness (QED) is 0.640. The molecule has 2 rings (SSSR count). The van der Waals surface area contributed by atoms with Crippen molar-refractivity contribution in [3.8, 4) is 6.07 Å². The van der Waals surface area contributed by atoms with Gasteiger partial charge in [-0.1, -0.05) is 23.8 Å². The average molecular weight is 315 g/mol. The van der Waals surface area contributed by atoms with Gasteiger partial charge in [0.25, 0.3) is 0 Å². The number of rotatable bonds is 3. The number of allylic oxidation sites excluding steroid dienone is 1. The van der Waals surface area contributed by atoms with Crippen molar-refractivity contribution in [2.45, 2.75) is 18.7 Å². The highest BCUT2D eigenvalue weighted by Crippen LogP contribution is 2.23. The fourth-order valence-electron chi connectivity index (χ4n) is 1.97. The number of hydrogen-bond acceptors (Lipinski definition) is 3. The summed E-state index contributed by atoms with van der Waals surface area (Å²) in [4.78, 5) is -0.472. The van der Waals surface area contributed by atoms with Crippen LogP contribution in [-0.4, -0.2) is 8.42 Å². The highest BCUT2D eigenvalue weighted by molar-refractivity contribution is 7.95. The molecule has 0 saturated carbocycles. The Morgan fingerprint density at radius 3 is 2.36 bits per heavy atom. The van der Waals surface area contributed by atoms with Gasteiger partial charge >= 0.3 is 0 Å². The first-order chi connectivity index (χ1) is 10.3. The topological polar surface area (TPSA) is 57.9 Å². The average Bonchev–Trinajstić information content (AvgIpc) is 2.48. The van der Waals surface area contributed by atoms with E-state index in [1.807, 2.05) is 32.0 Å². The number of nitriles is 1. The molecule has 2 aromatic carbocycles. The molecule has 0 heterocycles. The van der Waals surface area contributed by atoms with E-state index in [-0.39, 0.29) is 9.80 Å². The van der Waals surface area contributed by atoms with Crippen molar-refractivity contribution in [3.63, 3.8) is 0 Å². The molecule has 0 amide bonds. The molecular weight excluding hydrogens is 301 g/mol. The van der Waals surface area contributed by atoms with Crippen molar-refractivity contribution in [1.82, 2.24) is 0 Å². The van der Waals surface area contributed by atoms with Crippen molar-refractivity contribution in [2.24, 2.45) is 0 Å². The van der Waals surface area contributed by atoms with Crippen molar-refractivity contribution >= 4 is 15.9 Å². The van der Waals surface area contributed by atoms with E-state index in [1.165, 1.54) is 6.08 Å². The lowest BCUT2D eigenvalue weighted by Crippen LogP contribution is -2.04. The smallest absolute Gasteiger partial charge is 0.216 e. The van der Waals surface area contributed by atoms with E-state index in [0.29, 0.717) is 5.56 Å². The van der Waals surface area contributed by atoms with Gasteiger partial charge in [-0.3, -0.25) is 0 Å². The van der Waals surface area contributed by atoms with Crippen molar-refractivity contribution in [1.29, 1.82) is 5.26 Å². The predicted octanol–water partition coefficient (Wildman–Crippen LogP) is 3.78. The van der Waals surface area contributed by atoms with E-state index in [4.69, 9.17) is 0 Å². The lowest BCUT2D eigenvalue weighted by Gasteiger charge is -2.05. The largest absolute Gasteiger partial charge is 0.218 e. The Kier molecular flexibility index (Phi) is 4.43. The van der Waals surface area contributed by atoms with Crippen molar-refractivity contribution in [3.05, 3.63) is 69.9 Å². The molecule has 0 aliphatic rings. The SMILES string of the molecule is Cc1ccc(C)c(/C=C(\C#N)S(=O)(=O)c2ccc(F)cc2)c1. The highest BCUT2D eigenvalue weighted by atomic mass is 32.2. The molecule has 0 saturated heterocycles. The lowest BCUT2D eigenvalue weighted by molar-refractivity contribution is 0.601. The number of nitrogens with zero attached hydrogens (tertiary/aromatic N) is 1. The molecule has 2 aromatic rings. The van der Waals surface area contributed by atoms with E-state index in [2.05, 4.69) is 0 Å². The summed E-state index contributed by atoms with van der Waals surface area (Å²) in [5.41, 5.74) is 2.50. The normalized spacial score (nSPS) is 12.0. The standard InChI is InChI=1S/C17H14FNO2S/c1-12-3-4-13(2)14(9-12)10-17(11-19)22(20,21)16-7-5-15(18)6-8-16/h3-10H,1-2H3/b17-10+. The van der Waals surface area contributed by atoms with Gasteiger partial charge in [0.05, 0.1) is 4.90 Å². The maximum atomic E-state index is 12.9. The van der Waals surface area contributed by atoms with E-state index in [0.717, 1.165) is 35.4 Å². The summed E-state index contributed by atoms with van der Waals surface area (Å²) in [5, 5.41) is 9.23. The van der Waals surface area contributed by atoms with Gasteiger partial charge in [0.2, 0.25) is 9.84 Å². The van der Waals surface area contributed by atoms with Crippen LogP contribution in [0.3, 0.4) is 0 Å². The monoisotopic (exact) mass is 315 g/mol. The first kappa shape index (κ1) is 15.9. The summed E-state index contributed by atoms with van der Waals surface area (Å²) < 4.78 is 37.9. The van der Waals surface area contributed by atoms with Crippen LogP contribution < -0.4 is 0 Å². The lowest BCUT2D eigenvalue weighted by atomic mass is 10.1. The second-order valence-electron chi connectivity index (χ2n) is 4.94. The molecule has 22 heavy (non-hydrogen) atoms. The Balaban J connectivity index is 2.56. The van der Waals surface area contributed by atoms with Crippen LogP contribution >= 0.6 is 0 Å². The summed E-state index contributed by atoms with van der Waals surface area (Å²) in [7, 11) is -3.96. The van der Waals surface area contributed by atoms with Crippen LogP contribution in [0.1, 0.15) is 16.7 Å². The van der Waals surface area contributed by atoms with Crippen molar-refractivity contribution < 1.29 is 12.8 Å². The Bertz CT molecular complexity index is 876. The molecule has 0 aliphatic carbocycles. The third-order valence-corrected chi connectivity index (χ3v) is 4.93. The van der Waals surface area contributed by atoms with Crippen LogP contribution in [0.2, 0.25) is 0 Å². The highest BCUT2D eigenvalue weighted by Gasteiger charge is 2.21. The molecule has 0 unspecified atom stereocenters. The summed E-state index contributed by atoms with van der Waals surface area (Å²) in [6.45, 7) is 3.72. The summed E-state index contributed by atoms with van der Waals surface area (Å²) in [6, 6.07) is 11.7. The van der Waals surface area contributed by atoms with Crippen LogP contribution in [0.4, 0.5) is 4.39 Å². The minimum atomic E-state index is -3.96. The Morgan fingerprint density at radius 2 is 1.77 bits per heavy atom. The van der Waals surface area contributed by atoms with Gasteiger partial charge in [0.15, 0.2) is 0 Å². The molecule has 0 bridgehead atoms. The van der Waals surface area contributed by atoms with Crippen LogP contribution in [0.25, 0.3) is 6.08 Å². The van der Waals surface area contributed by atoms with Crippen LogP contribution in [0, 0.1) is 31.0 Å². The maximum absolute atomic E-state index is 12.9. The predicted molar refractivity (Wildman–Crippen MR) is 83.1 cm³/mol. The second-order valence-corrected chi connectivity index (χ2v) is 6.86. The zero-order valence-electron chi connectivity index (χ0n) is 12.2. The number of aryl methyl sites for hydroxylation is 2. The van der Waals surface area contributed by atoms with E-state index in [9.17, 15) is 18.1 Å². The molecule has 0 fully saturated rings. The molecule has 0 radical (unpaired) electrons. The zero-order valence-corrected chi connectivity index (χ0v) is 13.0. The van der Waals surface area contributed by atoms with Crippen LogP contribution in [-0.2, 0) is 9.84 Å². The maximum Gasteiger partial charge on any atom is 0.216 e. The third-order valence-electron chi connectivity index (χ3n) is 3.24. The van der Waals surface area contributed by atoms with E-state index < -0.39 is 15.7 Å². The first-order valence-electron chi connectivity index (χ1n) is 6.54. The third kappa shape index (κ3) is 3.23. The molecule has 0 aromatic heterocycles. The van der Waals surface area contributed by atoms with Gasteiger partial charge in [-0.05, 0) is 55.3 Å². The minimum absolute atomic E-state index is 0.105. The summed E-state index contributed by atoms with van der Waals surface area (Å²) in [5.74, 6) is -0.532. The van der Waals surface area contributed by atoms with E-state index in [1.54, 1.807) is 6.07 Å². The van der Waals surface area contributed by atoms with Crippen LogP contribution in [0.15, 0.2) is 52.3 Å². The molecule has 0 atom stereocenters. The molecule has 5 heteroatoms. The number of hydrogen-bond donors (Lipinski definition) is 0. The molecule has 0 N–H and O–H groups in total. The minimum Gasteiger partial charge on any atom is -0.218 e. The van der Waals surface area contributed by atoms with Gasteiger partial charge in [-0.25, -0.2) is 12.8 Å². The van der Waals surface area contributed by atoms with Gasteiger partial charge < -0.3 is 0 Å². The number of halogens is 1. The van der Waals surface area contributed by atoms with Gasteiger partial charge in [-0.15, -0.1) is 0 Å². The fraction of sp³-hybridized carbons (Fsp3) is 0.118. The number of benzene rings is 2. The fourth-order valence-corrected chi connectivity index (χ4v) is 3.12. The van der Waals surface area contributed by atoms with Crippen LogP contribution in [0.5, 0.6) is 0 Å². The number of sulfone groups is 1. The molecule has 3 nitrogen and oxygen atoms in total. The Labute approximate surface area is 129 Å². The molecule has 0 spiro atoms. The van der Waals surface area contributed by atoms with Gasteiger partial charge in [-0.2, -0.15) is 5.26 Å². The Hall–Kier alpha value is -2.45. The first-order valence-corrected chi connectivity index (χ1v) is 8.02. The van der Waals surface area contributed by atoms with Crippen molar-refractivity contribution in [2.75, 3.05) is 0 Å². The molecular formula is C17H14FNO2S. The zero-order chi connectivity index (χ0) is 16.3. The Morgan fingerprint density at radius 1 is 1.14 bits per heavy atom. The van der Waals surface area contributed by atoms with Gasteiger partial charge in [0, 0.05) is 0 Å². The second kappa shape index (κ2) is 6.12. The van der Waals surface area contributed by atoms with Gasteiger partial charge in [0.1, 0.15) is 16.8 Å². The summed E-state index contributed by atoms with van der Waals surface area (Å²) >= 11 is 0. The van der Waals surface area contributed by atoms with E-state index >= 15 is 0 Å².